The summed E-state index contributed by atoms with van der Waals surface area (Å²) in [6.45, 7) is 7.26. The molecule has 1 fully saturated rings. The summed E-state index contributed by atoms with van der Waals surface area (Å²) in [5, 5.41) is 9.09. The minimum Gasteiger partial charge on any atom is -0.486 e. The molecular weight excluding hydrogens is 454 g/mol. The normalized spacial score (nSPS) is 16.2. The molecule has 2 aromatic carbocycles. The van der Waals surface area contributed by atoms with E-state index in [0.29, 0.717) is 36.7 Å². The number of benzene rings is 2. The van der Waals surface area contributed by atoms with Crippen LogP contribution in [0.2, 0.25) is 0 Å². The van der Waals surface area contributed by atoms with Crippen molar-refractivity contribution < 1.29 is 14.3 Å². The van der Waals surface area contributed by atoms with Crippen molar-refractivity contribution in [1.82, 2.24) is 9.88 Å². The summed E-state index contributed by atoms with van der Waals surface area (Å²) in [6.07, 6.45) is 1.70. The predicted octanol–water partition coefficient (Wildman–Crippen LogP) is 3.58. The van der Waals surface area contributed by atoms with Crippen molar-refractivity contribution in [2.45, 2.75) is 13.0 Å². The molecule has 3 heterocycles. The number of pyridine rings is 1. The van der Waals surface area contributed by atoms with Crippen molar-refractivity contribution in [3.05, 3.63) is 78.0 Å². The molecule has 0 spiro atoms. The van der Waals surface area contributed by atoms with Crippen LogP contribution in [0.25, 0.3) is 0 Å². The SMILES string of the molecule is CC(CN(C(=O)c1ccc(C#N)cc1)c1ccccn1)N1CCN(c2cccc3c2OCCO3)CC1. The number of aromatic nitrogens is 1. The number of amides is 1. The van der Waals surface area contributed by atoms with Gasteiger partial charge in [0.25, 0.3) is 5.91 Å². The van der Waals surface area contributed by atoms with Gasteiger partial charge in [0.05, 0.1) is 17.3 Å². The fourth-order valence-corrected chi connectivity index (χ4v) is 4.73. The fourth-order valence-electron chi connectivity index (χ4n) is 4.73. The molecule has 8 heteroatoms. The molecule has 0 bridgehead atoms. The average molecular weight is 484 g/mol. The Labute approximate surface area is 211 Å². The number of rotatable bonds is 6. The lowest BCUT2D eigenvalue weighted by molar-refractivity contribution is 0.0973. The molecular formula is C28H29N5O3. The predicted molar refractivity (Wildman–Crippen MR) is 138 cm³/mol. The third-order valence-electron chi connectivity index (χ3n) is 6.70. The molecule has 1 unspecified atom stereocenters. The minimum atomic E-state index is -0.128. The Kier molecular flexibility index (Phi) is 7.01. The van der Waals surface area contributed by atoms with Gasteiger partial charge >= 0.3 is 0 Å². The van der Waals surface area contributed by atoms with Gasteiger partial charge in [0, 0.05) is 50.5 Å². The first kappa shape index (κ1) is 23.6. The van der Waals surface area contributed by atoms with E-state index in [0.717, 1.165) is 43.4 Å². The number of carbonyl (C=O) groups is 1. The first-order valence-electron chi connectivity index (χ1n) is 12.2. The van der Waals surface area contributed by atoms with Gasteiger partial charge in [0.2, 0.25) is 0 Å². The molecule has 2 aliphatic rings. The number of hydrogen-bond donors (Lipinski definition) is 0. The number of hydrogen-bond acceptors (Lipinski definition) is 7. The maximum absolute atomic E-state index is 13.5. The Morgan fingerprint density at radius 2 is 1.81 bits per heavy atom. The van der Waals surface area contributed by atoms with Gasteiger partial charge in [-0.15, -0.1) is 0 Å². The van der Waals surface area contributed by atoms with Crippen LogP contribution < -0.4 is 19.3 Å². The van der Waals surface area contributed by atoms with E-state index in [1.807, 2.05) is 30.3 Å². The summed E-state index contributed by atoms with van der Waals surface area (Å²) in [6, 6.07) is 20.6. The molecule has 0 saturated carbocycles. The van der Waals surface area contributed by atoms with Crippen LogP contribution in [0.15, 0.2) is 66.9 Å². The second-order valence-corrected chi connectivity index (χ2v) is 8.97. The monoisotopic (exact) mass is 483 g/mol. The Hall–Kier alpha value is -4.09. The average Bonchev–Trinajstić information content (AvgIpc) is 2.95. The quantitative estimate of drug-likeness (QED) is 0.530. The highest BCUT2D eigenvalue weighted by Gasteiger charge is 2.28. The largest absolute Gasteiger partial charge is 0.486 e. The van der Waals surface area contributed by atoms with E-state index in [1.54, 1.807) is 35.4 Å². The topological polar surface area (TPSA) is 81.9 Å². The number of piperazine rings is 1. The van der Waals surface area contributed by atoms with E-state index >= 15 is 0 Å². The van der Waals surface area contributed by atoms with E-state index in [4.69, 9.17) is 14.7 Å². The van der Waals surface area contributed by atoms with Gasteiger partial charge in [-0.25, -0.2) is 4.98 Å². The van der Waals surface area contributed by atoms with Gasteiger partial charge in [-0.1, -0.05) is 12.1 Å². The van der Waals surface area contributed by atoms with Gasteiger partial charge in [-0.2, -0.15) is 5.26 Å². The molecule has 1 atom stereocenters. The van der Waals surface area contributed by atoms with Crippen LogP contribution in [0.3, 0.4) is 0 Å². The van der Waals surface area contributed by atoms with Crippen molar-refractivity contribution in [1.29, 1.82) is 5.26 Å². The molecule has 1 amide bonds. The maximum atomic E-state index is 13.5. The zero-order valence-corrected chi connectivity index (χ0v) is 20.3. The van der Waals surface area contributed by atoms with Crippen LogP contribution in [-0.4, -0.2) is 67.8 Å². The lowest BCUT2D eigenvalue weighted by atomic mass is 10.1. The maximum Gasteiger partial charge on any atom is 0.259 e. The molecule has 1 aromatic heterocycles. The van der Waals surface area contributed by atoms with Crippen molar-refractivity contribution in [3.63, 3.8) is 0 Å². The molecule has 2 aliphatic heterocycles. The molecule has 36 heavy (non-hydrogen) atoms. The number of nitriles is 1. The second kappa shape index (κ2) is 10.7. The van der Waals surface area contributed by atoms with Crippen LogP contribution in [0.1, 0.15) is 22.8 Å². The Morgan fingerprint density at radius 1 is 1.03 bits per heavy atom. The molecule has 1 saturated heterocycles. The lowest BCUT2D eigenvalue weighted by Crippen LogP contribution is -2.53. The highest BCUT2D eigenvalue weighted by Crippen LogP contribution is 2.39. The zero-order valence-electron chi connectivity index (χ0n) is 20.3. The molecule has 184 valence electrons. The number of para-hydroxylation sites is 1. The van der Waals surface area contributed by atoms with E-state index < -0.39 is 0 Å². The van der Waals surface area contributed by atoms with Gasteiger partial charge in [0.1, 0.15) is 19.0 Å². The summed E-state index contributed by atoms with van der Waals surface area (Å²) in [4.78, 5) is 24.4. The molecule has 0 N–H and O–H groups in total. The van der Waals surface area contributed by atoms with Crippen LogP contribution in [0, 0.1) is 11.3 Å². The first-order valence-corrected chi connectivity index (χ1v) is 12.2. The number of carbonyl (C=O) groups excluding carboxylic acids is 1. The first-order chi connectivity index (χ1) is 17.6. The highest BCUT2D eigenvalue weighted by molar-refractivity contribution is 6.05. The molecule has 0 radical (unpaired) electrons. The highest BCUT2D eigenvalue weighted by atomic mass is 16.6. The van der Waals surface area contributed by atoms with Crippen molar-refractivity contribution in [3.8, 4) is 17.6 Å². The Morgan fingerprint density at radius 3 is 2.53 bits per heavy atom. The van der Waals surface area contributed by atoms with Crippen LogP contribution in [0.5, 0.6) is 11.5 Å². The molecule has 3 aromatic rings. The van der Waals surface area contributed by atoms with Crippen LogP contribution >= 0.6 is 0 Å². The van der Waals surface area contributed by atoms with Crippen molar-refractivity contribution >= 4 is 17.4 Å². The van der Waals surface area contributed by atoms with Crippen LogP contribution in [-0.2, 0) is 0 Å². The summed E-state index contributed by atoms with van der Waals surface area (Å²) in [5.74, 6) is 2.13. The Balaban J connectivity index is 1.28. The smallest absolute Gasteiger partial charge is 0.259 e. The van der Waals surface area contributed by atoms with Gasteiger partial charge < -0.3 is 14.4 Å². The van der Waals surface area contributed by atoms with E-state index in [-0.39, 0.29) is 11.9 Å². The molecule has 5 rings (SSSR count). The van der Waals surface area contributed by atoms with Gasteiger partial charge in [-0.05, 0) is 55.5 Å². The third-order valence-corrected chi connectivity index (χ3v) is 6.70. The summed E-state index contributed by atoms with van der Waals surface area (Å²) < 4.78 is 11.7. The standard InChI is InChI=1S/C28H29N5O3/c1-21(31-13-15-32(16-14-31)24-5-4-6-25-27(24)36-18-17-35-25)20-33(26-7-2-3-12-30-26)28(34)23-10-8-22(19-29)9-11-23/h2-12,21H,13-18,20H2,1H3. The van der Waals surface area contributed by atoms with Gasteiger partial charge in [-0.3, -0.25) is 14.6 Å². The summed E-state index contributed by atoms with van der Waals surface area (Å²) >= 11 is 0. The number of ether oxygens (including phenoxy) is 2. The fraction of sp³-hybridized carbons (Fsp3) is 0.321. The van der Waals surface area contributed by atoms with Crippen molar-refractivity contribution in [2.75, 3.05) is 55.7 Å². The van der Waals surface area contributed by atoms with Gasteiger partial charge in [0.15, 0.2) is 11.5 Å². The third kappa shape index (κ3) is 4.97. The summed E-state index contributed by atoms with van der Waals surface area (Å²) in [7, 11) is 0. The zero-order chi connectivity index (χ0) is 24.9. The summed E-state index contributed by atoms with van der Waals surface area (Å²) in [5.41, 5.74) is 2.14. The van der Waals surface area contributed by atoms with E-state index in [1.165, 1.54) is 0 Å². The number of nitrogens with zero attached hydrogens (tertiary/aromatic N) is 5. The molecule has 0 aliphatic carbocycles. The number of fused-ring (bicyclic) bond motifs is 1. The number of anilines is 2. The Bertz CT molecular complexity index is 1230. The van der Waals surface area contributed by atoms with E-state index in [9.17, 15) is 4.79 Å². The molecule has 8 nitrogen and oxygen atoms in total. The lowest BCUT2D eigenvalue weighted by Gasteiger charge is -2.41. The minimum absolute atomic E-state index is 0.126. The van der Waals surface area contributed by atoms with Crippen LogP contribution in [0.4, 0.5) is 11.5 Å². The van der Waals surface area contributed by atoms with E-state index in [2.05, 4.69) is 33.8 Å². The van der Waals surface area contributed by atoms with Crippen molar-refractivity contribution in [2.24, 2.45) is 0 Å². The second-order valence-electron chi connectivity index (χ2n) is 8.97.